The number of alkyl halides is 6. The minimum atomic E-state index is -5.08. The lowest BCUT2D eigenvalue weighted by molar-refractivity contribution is -0.192. The van der Waals surface area contributed by atoms with Gasteiger partial charge in [-0.05, 0) is 36.4 Å². The van der Waals surface area contributed by atoms with Crippen LogP contribution in [-0.4, -0.2) is 63.6 Å². The molecule has 0 saturated carbocycles. The van der Waals surface area contributed by atoms with Gasteiger partial charge in [0.2, 0.25) is 5.88 Å². The summed E-state index contributed by atoms with van der Waals surface area (Å²) in [5, 5.41) is 19.9. The van der Waals surface area contributed by atoms with Crippen molar-refractivity contribution in [2.45, 2.75) is 12.4 Å². The summed E-state index contributed by atoms with van der Waals surface area (Å²) in [5.41, 5.74) is 0.956. The number of hydrogen-bond acceptors (Lipinski definition) is 8. The van der Waals surface area contributed by atoms with Crippen molar-refractivity contribution in [3.8, 4) is 23.0 Å². The predicted molar refractivity (Wildman–Crippen MR) is 140 cm³/mol. The molecule has 0 unspecified atom stereocenters. The molecule has 1 saturated heterocycles. The van der Waals surface area contributed by atoms with Crippen molar-refractivity contribution in [1.29, 1.82) is 0 Å². The van der Waals surface area contributed by atoms with Crippen molar-refractivity contribution >= 4 is 23.0 Å². The summed E-state index contributed by atoms with van der Waals surface area (Å²) in [7, 11) is 0. The predicted octanol–water partition coefficient (Wildman–Crippen LogP) is 5.46. The van der Waals surface area contributed by atoms with E-state index < -0.39 is 23.9 Å². The van der Waals surface area contributed by atoms with Crippen molar-refractivity contribution in [3.05, 3.63) is 72.7 Å². The SMILES string of the molecule is FC(F)(F)c1cnc(Oc2ccc(N3CCNCC3)cc2)cc1Nc1ccccc1-c1ncn[nH]1.O=C(O)C(F)(F)F. The van der Waals surface area contributed by atoms with Gasteiger partial charge in [0, 0.05) is 55.4 Å². The summed E-state index contributed by atoms with van der Waals surface area (Å²) in [6.07, 6.45) is -7.59. The molecule has 1 aliphatic heterocycles. The first-order chi connectivity index (χ1) is 19.9. The number of H-pyrrole nitrogens is 1. The fourth-order valence-corrected chi connectivity index (χ4v) is 3.87. The number of anilines is 3. The Morgan fingerprint density at radius 1 is 0.952 bits per heavy atom. The topological polar surface area (TPSA) is 128 Å². The van der Waals surface area contributed by atoms with Crippen molar-refractivity contribution in [2.24, 2.45) is 0 Å². The number of halogens is 6. The average molecular weight is 596 g/mol. The summed E-state index contributed by atoms with van der Waals surface area (Å²) < 4.78 is 78.8. The number of hydrogen-bond donors (Lipinski definition) is 4. The van der Waals surface area contributed by atoms with Gasteiger partial charge in [0.25, 0.3) is 0 Å². The van der Waals surface area contributed by atoms with E-state index in [1.807, 2.05) is 12.1 Å². The van der Waals surface area contributed by atoms with Gasteiger partial charge in [0.05, 0.1) is 11.3 Å². The number of rotatable bonds is 6. The molecular formula is C26H23F6N7O3. The normalized spacial score (nSPS) is 13.6. The number of piperazine rings is 1. The Labute approximate surface area is 234 Å². The third kappa shape index (κ3) is 7.87. The van der Waals surface area contributed by atoms with E-state index in [0.717, 1.165) is 38.1 Å². The average Bonchev–Trinajstić information content (AvgIpc) is 3.49. The van der Waals surface area contributed by atoms with Crippen LogP contribution in [0, 0.1) is 0 Å². The number of aromatic amines is 1. The molecule has 1 fully saturated rings. The van der Waals surface area contributed by atoms with Crippen molar-refractivity contribution in [3.63, 3.8) is 0 Å². The number of carbonyl (C=O) groups is 1. The molecule has 5 rings (SSSR count). The highest BCUT2D eigenvalue weighted by Crippen LogP contribution is 2.39. The van der Waals surface area contributed by atoms with E-state index in [1.165, 1.54) is 12.4 Å². The van der Waals surface area contributed by atoms with Crippen LogP contribution in [0.4, 0.5) is 43.4 Å². The Morgan fingerprint density at radius 3 is 2.21 bits per heavy atom. The molecule has 0 atom stereocenters. The highest BCUT2D eigenvalue weighted by Gasteiger charge is 2.38. The number of benzene rings is 2. The molecule has 0 spiro atoms. The fraction of sp³-hybridized carbons (Fsp3) is 0.231. The second kappa shape index (κ2) is 12.8. The van der Waals surface area contributed by atoms with Crippen molar-refractivity contribution in [1.82, 2.24) is 25.5 Å². The zero-order chi connectivity index (χ0) is 30.3. The molecule has 42 heavy (non-hydrogen) atoms. The van der Waals surface area contributed by atoms with E-state index in [-0.39, 0.29) is 11.6 Å². The van der Waals surface area contributed by atoms with E-state index in [4.69, 9.17) is 14.6 Å². The highest BCUT2D eigenvalue weighted by molar-refractivity contribution is 5.78. The second-order valence-corrected chi connectivity index (χ2v) is 8.71. The summed E-state index contributed by atoms with van der Waals surface area (Å²) >= 11 is 0. The third-order valence-electron chi connectivity index (χ3n) is 5.83. The van der Waals surface area contributed by atoms with Gasteiger partial charge in [-0.1, -0.05) is 12.1 Å². The number of nitrogens with one attached hydrogen (secondary N) is 3. The first kappa shape index (κ1) is 30.1. The number of para-hydroxylation sites is 1. The van der Waals surface area contributed by atoms with Gasteiger partial charge in [0.1, 0.15) is 12.1 Å². The van der Waals surface area contributed by atoms with E-state index in [1.54, 1.807) is 36.4 Å². The monoisotopic (exact) mass is 595 g/mol. The Hall–Kier alpha value is -4.86. The number of carboxylic acid groups (broad SMARTS) is 1. The Kier molecular flexibility index (Phi) is 9.15. The molecule has 4 N–H and O–H groups in total. The molecule has 0 aliphatic carbocycles. The third-order valence-corrected chi connectivity index (χ3v) is 5.83. The standard InChI is InChI=1S/C24H22F3N7O.C2HF3O2/c25-24(26,27)19-14-29-22(35-17-7-5-16(6-8-17)34-11-9-28-10-12-34)13-21(19)32-20-4-2-1-3-18(20)23-30-15-31-33-23;3-2(4,5)1(6)7/h1-8,13-15,28H,9-12H2,(H,29,32)(H,30,31,33);(H,6,7). The van der Waals surface area contributed by atoms with Crippen LogP contribution in [0.2, 0.25) is 0 Å². The highest BCUT2D eigenvalue weighted by atomic mass is 19.4. The maximum Gasteiger partial charge on any atom is 0.490 e. The van der Waals surface area contributed by atoms with Gasteiger partial charge in [-0.3, -0.25) is 5.10 Å². The van der Waals surface area contributed by atoms with Crippen LogP contribution < -0.4 is 20.3 Å². The maximum absolute atomic E-state index is 13.7. The largest absolute Gasteiger partial charge is 0.490 e. The van der Waals surface area contributed by atoms with Crippen LogP contribution in [0.1, 0.15) is 5.56 Å². The Balaban J connectivity index is 0.000000517. The number of pyridine rings is 1. The van der Waals surface area contributed by atoms with Crippen LogP contribution in [0.15, 0.2) is 67.1 Å². The van der Waals surface area contributed by atoms with Crippen LogP contribution in [-0.2, 0) is 11.0 Å². The molecule has 3 heterocycles. The van der Waals surface area contributed by atoms with Crippen LogP contribution >= 0.6 is 0 Å². The van der Waals surface area contributed by atoms with E-state index >= 15 is 0 Å². The van der Waals surface area contributed by atoms with E-state index in [9.17, 15) is 26.3 Å². The van der Waals surface area contributed by atoms with Crippen LogP contribution in [0.5, 0.6) is 11.6 Å². The minimum absolute atomic E-state index is 0.0348. The summed E-state index contributed by atoms with van der Waals surface area (Å²) in [5.74, 6) is -1.82. The van der Waals surface area contributed by atoms with Crippen molar-refractivity contribution < 1.29 is 41.0 Å². The molecule has 1 aliphatic rings. The number of nitrogens with zero attached hydrogens (tertiary/aromatic N) is 4. The number of ether oxygens (including phenoxy) is 1. The van der Waals surface area contributed by atoms with Gasteiger partial charge in [-0.25, -0.2) is 14.8 Å². The molecule has 0 radical (unpaired) electrons. The smallest absolute Gasteiger partial charge is 0.475 e. The Morgan fingerprint density at radius 2 is 1.62 bits per heavy atom. The number of aromatic nitrogens is 4. The zero-order valence-electron chi connectivity index (χ0n) is 21.5. The lowest BCUT2D eigenvalue weighted by Crippen LogP contribution is -2.43. The summed E-state index contributed by atoms with van der Waals surface area (Å²) in [6, 6.07) is 15.5. The van der Waals surface area contributed by atoms with E-state index in [0.29, 0.717) is 22.8 Å². The van der Waals surface area contributed by atoms with Gasteiger partial charge < -0.3 is 25.4 Å². The van der Waals surface area contributed by atoms with Gasteiger partial charge in [0.15, 0.2) is 5.82 Å². The molecule has 10 nitrogen and oxygen atoms in total. The molecule has 2 aromatic heterocycles. The van der Waals surface area contributed by atoms with Crippen LogP contribution in [0.25, 0.3) is 11.4 Å². The molecule has 222 valence electrons. The first-order valence-corrected chi connectivity index (χ1v) is 12.2. The van der Waals surface area contributed by atoms with Gasteiger partial charge >= 0.3 is 18.3 Å². The van der Waals surface area contributed by atoms with Crippen LogP contribution in [0.3, 0.4) is 0 Å². The van der Waals surface area contributed by atoms with Gasteiger partial charge in [-0.2, -0.15) is 31.4 Å². The fourth-order valence-electron chi connectivity index (χ4n) is 3.87. The molecule has 4 aromatic rings. The summed E-state index contributed by atoms with van der Waals surface area (Å²) in [6.45, 7) is 3.66. The number of carboxylic acids is 1. The maximum atomic E-state index is 13.7. The molecule has 2 aromatic carbocycles. The first-order valence-electron chi connectivity index (χ1n) is 12.2. The molecule has 16 heteroatoms. The minimum Gasteiger partial charge on any atom is -0.475 e. The Bertz CT molecular complexity index is 1470. The second-order valence-electron chi connectivity index (χ2n) is 8.71. The number of aliphatic carboxylic acids is 1. The summed E-state index contributed by atoms with van der Waals surface area (Å²) in [4.78, 5) is 19.1. The molecule has 0 bridgehead atoms. The molecular weight excluding hydrogens is 572 g/mol. The lowest BCUT2D eigenvalue weighted by atomic mass is 10.1. The lowest BCUT2D eigenvalue weighted by Gasteiger charge is -2.29. The van der Waals surface area contributed by atoms with E-state index in [2.05, 4.69) is 35.7 Å². The van der Waals surface area contributed by atoms with Gasteiger partial charge in [-0.15, -0.1) is 0 Å². The zero-order valence-corrected chi connectivity index (χ0v) is 21.5. The van der Waals surface area contributed by atoms with Crippen molar-refractivity contribution in [2.75, 3.05) is 36.4 Å². The molecule has 0 amide bonds. The quantitative estimate of drug-likeness (QED) is 0.215.